The second-order valence-corrected chi connectivity index (χ2v) is 7.97. The van der Waals surface area contributed by atoms with Crippen LogP contribution in [0, 0.1) is 11.2 Å². The fourth-order valence-corrected chi connectivity index (χ4v) is 3.33. The van der Waals surface area contributed by atoms with Crippen molar-refractivity contribution in [1.29, 1.82) is 0 Å². The van der Waals surface area contributed by atoms with Crippen molar-refractivity contribution in [3.8, 4) is 5.75 Å². The molecule has 1 N–H and O–H groups in total. The number of carbonyl (C=O) groups excluding carboxylic acids is 2. The molecule has 0 aliphatic carbocycles. The summed E-state index contributed by atoms with van der Waals surface area (Å²) < 4.78 is 19.1. The van der Waals surface area contributed by atoms with Crippen LogP contribution in [0.15, 0.2) is 48.5 Å². The smallest absolute Gasteiger partial charge is 0.265 e. The summed E-state index contributed by atoms with van der Waals surface area (Å²) in [7, 11) is 0. The Hall–Kier alpha value is -2.89. The molecule has 0 aromatic heterocycles. The second kappa shape index (κ2) is 8.00. The number of amides is 2. The number of carbonyl (C=O) groups is 2. The summed E-state index contributed by atoms with van der Waals surface area (Å²) in [5.74, 6) is -0.0729. The van der Waals surface area contributed by atoms with Crippen LogP contribution in [0.25, 0.3) is 0 Å². The van der Waals surface area contributed by atoms with Gasteiger partial charge < -0.3 is 15.0 Å². The van der Waals surface area contributed by atoms with Crippen LogP contribution in [0.1, 0.15) is 38.8 Å². The first kappa shape index (κ1) is 19.9. The van der Waals surface area contributed by atoms with E-state index in [0.29, 0.717) is 17.0 Å². The van der Waals surface area contributed by atoms with Crippen molar-refractivity contribution in [3.05, 3.63) is 59.9 Å². The minimum Gasteiger partial charge on any atom is -0.482 e. The number of nitrogens with zero attached hydrogens (tertiary/aromatic N) is 1. The van der Waals surface area contributed by atoms with Crippen LogP contribution in [0.3, 0.4) is 0 Å². The fraction of sp³-hybridized carbons (Fsp3) is 0.364. The summed E-state index contributed by atoms with van der Waals surface area (Å²) in [6.45, 7) is 6.19. The zero-order valence-corrected chi connectivity index (χ0v) is 16.4. The van der Waals surface area contributed by atoms with E-state index in [1.54, 1.807) is 29.2 Å². The number of rotatable bonds is 5. The lowest BCUT2D eigenvalue weighted by molar-refractivity contribution is -0.123. The molecule has 1 atom stereocenters. The molecule has 0 radical (unpaired) electrons. The maximum absolute atomic E-state index is 13.7. The van der Waals surface area contributed by atoms with Crippen molar-refractivity contribution < 1.29 is 18.7 Å². The zero-order chi connectivity index (χ0) is 20.3. The molecule has 2 amide bonds. The van der Waals surface area contributed by atoms with E-state index in [9.17, 15) is 14.0 Å². The second-order valence-electron chi connectivity index (χ2n) is 7.97. The number of hydrogen-bond acceptors (Lipinski definition) is 3. The Morgan fingerprint density at radius 3 is 2.68 bits per heavy atom. The van der Waals surface area contributed by atoms with Gasteiger partial charge in [0.05, 0.1) is 11.7 Å². The third kappa shape index (κ3) is 4.50. The van der Waals surface area contributed by atoms with Gasteiger partial charge in [0.1, 0.15) is 11.6 Å². The van der Waals surface area contributed by atoms with E-state index >= 15 is 0 Å². The van der Waals surface area contributed by atoms with Crippen molar-refractivity contribution in [3.63, 3.8) is 0 Å². The highest BCUT2D eigenvalue weighted by Gasteiger charge is 2.29. The SMILES string of the molecule is CC(C)(C)[C@@H](NC(=O)CCN1C(=O)COc2ccccc21)c1cccc(F)c1. The number of para-hydroxylation sites is 2. The van der Waals surface area contributed by atoms with Gasteiger partial charge in [0.25, 0.3) is 5.91 Å². The number of benzene rings is 2. The summed E-state index contributed by atoms with van der Waals surface area (Å²) in [6, 6.07) is 13.2. The molecular weight excluding hydrogens is 359 g/mol. The van der Waals surface area contributed by atoms with Gasteiger partial charge in [-0.15, -0.1) is 0 Å². The quantitative estimate of drug-likeness (QED) is 0.852. The van der Waals surface area contributed by atoms with Crippen molar-refractivity contribution in [2.45, 2.75) is 33.2 Å². The molecule has 0 spiro atoms. The van der Waals surface area contributed by atoms with Crippen LogP contribution in [0.4, 0.5) is 10.1 Å². The third-order valence-electron chi connectivity index (χ3n) is 4.72. The first-order chi connectivity index (χ1) is 13.3. The molecule has 2 aromatic carbocycles. The van der Waals surface area contributed by atoms with Crippen molar-refractivity contribution in [2.24, 2.45) is 5.41 Å². The van der Waals surface area contributed by atoms with E-state index in [0.717, 1.165) is 0 Å². The highest BCUT2D eigenvalue weighted by atomic mass is 19.1. The van der Waals surface area contributed by atoms with Crippen LogP contribution in [0.5, 0.6) is 5.75 Å². The Morgan fingerprint density at radius 2 is 1.96 bits per heavy atom. The number of halogens is 1. The summed E-state index contributed by atoms with van der Waals surface area (Å²) in [6.07, 6.45) is 0.141. The van der Waals surface area contributed by atoms with E-state index in [4.69, 9.17) is 4.74 Å². The highest BCUT2D eigenvalue weighted by Crippen LogP contribution is 2.34. The van der Waals surface area contributed by atoms with E-state index < -0.39 is 0 Å². The molecule has 1 heterocycles. The van der Waals surface area contributed by atoms with Crippen molar-refractivity contribution in [1.82, 2.24) is 5.32 Å². The van der Waals surface area contributed by atoms with Gasteiger partial charge in [-0.05, 0) is 35.2 Å². The molecule has 28 heavy (non-hydrogen) atoms. The zero-order valence-electron chi connectivity index (χ0n) is 16.4. The molecule has 6 heteroatoms. The van der Waals surface area contributed by atoms with Gasteiger partial charge in [0, 0.05) is 13.0 Å². The maximum Gasteiger partial charge on any atom is 0.265 e. The van der Waals surface area contributed by atoms with E-state index in [-0.39, 0.29) is 48.7 Å². The predicted octanol–water partition coefficient (Wildman–Crippen LogP) is 3.84. The predicted molar refractivity (Wildman–Crippen MR) is 106 cm³/mol. The summed E-state index contributed by atoms with van der Waals surface area (Å²) >= 11 is 0. The lowest BCUT2D eigenvalue weighted by Gasteiger charge is -2.33. The van der Waals surface area contributed by atoms with Gasteiger partial charge >= 0.3 is 0 Å². The molecule has 1 aliphatic rings. The highest BCUT2D eigenvalue weighted by molar-refractivity contribution is 5.98. The lowest BCUT2D eigenvalue weighted by atomic mass is 9.82. The molecule has 148 valence electrons. The fourth-order valence-electron chi connectivity index (χ4n) is 3.33. The van der Waals surface area contributed by atoms with Crippen LogP contribution in [-0.4, -0.2) is 25.0 Å². The van der Waals surface area contributed by atoms with E-state index in [1.807, 2.05) is 32.9 Å². The van der Waals surface area contributed by atoms with Gasteiger partial charge in [-0.1, -0.05) is 45.0 Å². The molecular formula is C22H25FN2O3. The van der Waals surface area contributed by atoms with Crippen LogP contribution in [0.2, 0.25) is 0 Å². The Labute approximate surface area is 164 Å². The van der Waals surface area contributed by atoms with Crippen LogP contribution >= 0.6 is 0 Å². The maximum atomic E-state index is 13.7. The van der Waals surface area contributed by atoms with Crippen LogP contribution in [-0.2, 0) is 9.59 Å². The first-order valence-electron chi connectivity index (χ1n) is 9.33. The molecule has 3 rings (SSSR count). The molecule has 0 unspecified atom stereocenters. The molecule has 0 fully saturated rings. The summed E-state index contributed by atoms with van der Waals surface area (Å²) in [5.41, 5.74) is 1.09. The van der Waals surface area contributed by atoms with E-state index in [1.165, 1.54) is 12.1 Å². The number of anilines is 1. The molecule has 0 saturated heterocycles. The number of hydrogen-bond donors (Lipinski definition) is 1. The first-order valence-corrected chi connectivity index (χ1v) is 9.33. The number of nitrogens with one attached hydrogen (secondary N) is 1. The van der Waals surface area contributed by atoms with Crippen molar-refractivity contribution >= 4 is 17.5 Å². The largest absolute Gasteiger partial charge is 0.482 e. The summed E-state index contributed by atoms with van der Waals surface area (Å²) in [5, 5.41) is 3.00. The minimum atomic E-state index is -0.344. The molecule has 1 aliphatic heterocycles. The Kier molecular flexibility index (Phi) is 5.68. The standard InChI is InChI=1S/C22H25FN2O3/c1-22(2,3)21(15-7-6-8-16(23)13-15)24-19(26)11-12-25-17-9-4-5-10-18(17)28-14-20(25)27/h4-10,13,21H,11-12,14H2,1-3H3,(H,24,26)/t21-/m0/s1. The number of ether oxygens (including phenoxy) is 1. The van der Waals surface area contributed by atoms with Gasteiger partial charge in [-0.3, -0.25) is 9.59 Å². The monoisotopic (exact) mass is 384 g/mol. The van der Waals surface area contributed by atoms with E-state index in [2.05, 4.69) is 5.32 Å². The molecule has 0 bridgehead atoms. The molecule has 0 saturated carbocycles. The van der Waals surface area contributed by atoms with Gasteiger partial charge in [-0.25, -0.2) is 4.39 Å². The Balaban J connectivity index is 1.70. The third-order valence-corrected chi connectivity index (χ3v) is 4.72. The van der Waals surface area contributed by atoms with Gasteiger partial charge in [-0.2, -0.15) is 0 Å². The normalized spacial score (nSPS) is 14.9. The summed E-state index contributed by atoms with van der Waals surface area (Å²) in [4.78, 5) is 26.5. The Bertz CT molecular complexity index is 876. The lowest BCUT2D eigenvalue weighted by Crippen LogP contribution is -2.42. The van der Waals surface area contributed by atoms with Crippen LogP contribution < -0.4 is 15.0 Å². The molecule has 2 aromatic rings. The number of fused-ring (bicyclic) bond motifs is 1. The topological polar surface area (TPSA) is 58.6 Å². The van der Waals surface area contributed by atoms with Crippen molar-refractivity contribution in [2.75, 3.05) is 18.1 Å². The average molecular weight is 384 g/mol. The average Bonchev–Trinajstić information content (AvgIpc) is 2.64. The minimum absolute atomic E-state index is 0.0352. The van der Waals surface area contributed by atoms with Gasteiger partial charge in [0.15, 0.2) is 6.61 Å². The molecule has 5 nitrogen and oxygen atoms in total. The Morgan fingerprint density at radius 1 is 1.21 bits per heavy atom. The van der Waals surface area contributed by atoms with Gasteiger partial charge in [0.2, 0.25) is 5.91 Å².